The SMILES string of the molecule is NC(=O)c1occc1I. The highest BCUT2D eigenvalue weighted by molar-refractivity contribution is 14.1. The largest absolute Gasteiger partial charge is 0.458 e. The van der Waals surface area contributed by atoms with Crippen molar-refractivity contribution in [1.82, 2.24) is 0 Å². The monoisotopic (exact) mass is 237 g/mol. The normalized spacial score (nSPS) is 9.44. The van der Waals surface area contributed by atoms with Crippen LogP contribution in [-0.4, -0.2) is 5.91 Å². The number of carbonyl (C=O) groups excluding carboxylic acids is 1. The Hall–Kier alpha value is -0.520. The molecule has 1 amide bonds. The molecule has 0 aliphatic heterocycles. The van der Waals surface area contributed by atoms with Crippen LogP contribution in [0.15, 0.2) is 16.7 Å². The first-order valence-corrected chi connectivity index (χ1v) is 3.32. The van der Waals surface area contributed by atoms with Gasteiger partial charge in [-0.15, -0.1) is 0 Å². The Balaban J connectivity index is 3.08. The summed E-state index contributed by atoms with van der Waals surface area (Å²) in [7, 11) is 0. The molecule has 0 aromatic carbocycles. The second-order valence-electron chi connectivity index (χ2n) is 1.46. The van der Waals surface area contributed by atoms with E-state index in [0.29, 0.717) is 0 Å². The van der Waals surface area contributed by atoms with E-state index in [9.17, 15) is 4.79 Å². The van der Waals surface area contributed by atoms with Crippen molar-refractivity contribution in [1.29, 1.82) is 0 Å². The molecule has 9 heavy (non-hydrogen) atoms. The molecule has 0 radical (unpaired) electrons. The molecule has 48 valence electrons. The van der Waals surface area contributed by atoms with E-state index in [4.69, 9.17) is 10.2 Å². The summed E-state index contributed by atoms with van der Waals surface area (Å²) in [6, 6.07) is 1.68. The van der Waals surface area contributed by atoms with Gasteiger partial charge in [0.05, 0.1) is 9.83 Å². The predicted molar refractivity (Wildman–Crippen MR) is 39.9 cm³/mol. The van der Waals surface area contributed by atoms with E-state index in [-0.39, 0.29) is 5.76 Å². The Kier molecular flexibility index (Phi) is 1.75. The van der Waals surface area contributed by atoms with Crippen LogP contribution in [-0.2, 0) is 0 Å². The van der Waals surface area contributed by atoms with Crippen molar-refractivity contribution < 1.29 is 9.21 Å². The van der Waals surface area contributed by atoms with Gasteiger partial charge in [-0.3, -0.25) is 4.79 Å². The van der Waals surface area contributed by atoms with Crippen LogP contribution in [0, 0.1) is 3.57 Å². The molecule has 0 aliphatic carbocycles. The molecule has 1 aromatic heterocycles. The highest BCUT2D eigenvalue weighted by atomic mass is 127. The third-order valence-electron chi connectivity index (χ3n) is 0.841. The summed E-state index contributed by atoms with van der Waals surface area (Å²) in [5, 5.41) is 0. The van der Waals surface area contributed by atoms with Gasteiger partial charge in [0.1, 0.15) is 0 Å². The van der Waals surface area contributed by atoms with Crippen LogP contribution in [0.4, 0.5) is 0 Å². The molecule has 2 N–H and O–H groups in total. The quantitative estimate of drug-likeness (QED) is 0.740. The number of furan rings is 1. The van der Waals surface area contributed by atoms with Gasteiger partial charge >= 0.3 is 0 Å². The van der Waals surface area contributed by atoms with Crippen LogP contribution in [0.1, 0.15) is 10.6 Å². The first kappa shape index (κ1) is 6.60. The van der Waals surface area contributed by atoms with E-state index >= 15 is 0 Å². The number of nitrogens with two attached hydrogens (primary N) is 1. The van der Waals surface area contributed by atoms with E-state index < -0.39 is 5.91 Å². The van der Waals surface area contributed by atoms with Gasteiger partial charge in [-0.05, 0) is 28.7 Å². The Morgan fingerprint density at radius 3 is 2.67 bits per heavy atom. The highest BCUT2D eigenvalue weighted by Crippen LogP contribution is 2.11. The fourth-order valence-electron chi connectivity index (χ4n) is 0.470. The average Bonchev–Trinajstić information content (AvgIpc) is 2.13. The molecule has 3 nitrogen and oxygen atoms in total. The lowest BCUT2D eigenvalue weighted by Crippen LogP contribution is -2.10. The minimum absolute atomic E-state index is 0.232. The van der Waals surface area contributed by atoms with Crippen LogP contribution in [0.5, 0.6) is 0 Å². The molecule has 0 saturated carbocycles. The molecule has 1 heterocycles. The summed E-state index contributed by atoms with van der Waals surface area (Å²) in [5.41, 5.74) is 4.92. The van der Waals surface area contributed by atoms with Crippen molar-refractivity contribution in [3.05, 3.63) is 21.7 Å². The predicted octanol–water partition coefficient (Wildman–Crippen LogP) is 0.983. The second kappa shape index (κ2) is 2.38. The second-order valence-corrected chi connectivity index (χ2v) is 2.62. The summed E-state index contributed by atoms with van der Waals surface area (Å²) in [6.07, 6.45) is 1.43. The summed E-state index contributed by atoms with van der Waals surface area (Å²) in [4.78, 5) is 10.4. The summed E-state index contributed by atoms with van der Waals surface area (Å²) in [6.45, 7) is 0. The van der Waals surface area contributed by atoms with Crippen LogP contribution in [0.2, 0.25) is 0 Å². The van der Waals surface area contributed by atoms with Gasteiger partial charge in [0.25, 0.3) is 5.91 Å². The van der Waals surface area contributed by atoms with Gasteiger partial charge in [-0.2, -0.15) is 0 Å². The molecule has 0 spiro atoms. The Morgan fingerprint density at radius 2 is 2.44 bits per heavy atom. The van der Waals surface area contributed by atoms with Crippen LogP contribution < -0.4 is 5.73 Å². The van der Waals surface area contributed by atoms with Gasteiger partial charge in [0.2, 0.25) is 5.76 Å². The molecule has 0 atom stereocenters. The van der Waals surface area contributed by atoms with Crippen LogP contribution in [0.25, 0.3) is 0 Å². The van der Waals surface area contributed by atoms with E-state index in [1.807, 2.05) is 22.6 Å². The maximum absolute atomic E-state index is 10.4. The van der Waals surface area contributed by atoms with E-state index in [1.165, 1.54) is 6.26 Å². The minimum atomic E-state index is -0.524. The van der Waals surface area contributed by atoms with Crippen molar-refractivity contribution in [2.45, 2.75) is 0 Å². The lowest BCUT2D eigenvalue weighted by molar-refractivity contribution is 0.0973. The lowest BCUT2D eigenvalue weighted by atomic mass is 10.4. The van der Waals surface area contributed by atoms with Crippen LogP contribution >= 0.6 is 22.6 Å². The number of primary amides is 1. The van der Waals surface area contributed by atoms with E-state index in [0.717, 1.165) is 3.57 Å². The van der Waals surface area contributed by atoms with Crippen LogP contribution in [0.3, 0.4) is 0 Å². The molecular weight excluding hydrogens is 233 g/mol. The lowest BCUT2D eigenvalue weighted by Gasteiger charge is -1.85. The molecule has 0 fully saturated rings. The maximum Gasteiger partial charge on any atom is 0.285 e. The van der Waals surface area contributed by atoms with E-state index in [2.05, 4.69) is 0 Å². The van der Waals surface area contributed by atoms with Gasteiger partial charge < -0.3 is 10.2 Å². The van der Waals surface area contributed by atoms with Crippen molar-refractivity contribution in [2.24, 2.45) is 5.73 Å². The summed E-state index contributed by atoms with van der Waals surface area (Å²) in [5.74, 6) is -0.292. The number of rotatable bonds is 1. The summed E-state index contributed by atoms with van der Waals surface area (Å²) < 4.78 is 5.49. The first-order valence-electron chi connectivity index (χ1n) is 2.24. The van der Waals surface area contributed by atoms with Gasteiger partial charge in [0.15, 0.2) is 0 Å². The van der Waals surface area contributed by atoms with Crippen molar-refractivity contribution in [3.8, 4) is 0 Å². The highest BCUT2D eigenvalue weighted by Gasteiger charge is 2.07. The molecule has 0 bridgehead atoms. The molecule has 0 unspecified atom stereocenters. The summed E-state index contributed by atoms with van der Waals surface area (Å²) >= 11 is 1.98. The Labute approximate surface area is 65.4 Å². The van der Waals surface area contributed by atoms with Gasteiger partial charge in [0, 0.05) is 0 Å². The fraction of sp³-hybridized carbons (Fsp3) is 0. The Bertz CT molecular complexity index is 231. The first-order chi connectivity index (χ1) is 4.22. The number of amides is 1. The standard InChI is InChI=1S/C5H4INO2/c6-3-1-2-9-4(3)5(7)8/h1-2H,(H2,7,8). The third-order valence-corrected chi connectivity index (χ3v) is 1.69. The van der Waals surface area contributed by atoms with Gasteiger partial charge in [-0.25, -0.2) is 0 Å². The maximum atomic E-state index is 10.4. The molecule has 0 aliphatic rings. The molecule has 4 heteroatoms. The fourth-order valence-corrected chi connectivity index (χ4v) is 1.01. The number of carbonyl (C=O) groups is 1. The third kappa shape index (κ3) is 1.24. The zero-order chi connectivity index (χ0) is 6.85. The van der Waals surface area contributed by atoms with Crippen molar-refractivity contribution >= 4 is 28.5 Å². The smallest absolute Gasteiger partial charge is 0.285 e. The van der Waals surface area contributed by atoms with Crippen molar-refractivity contribution in [2.75, 3.05) is 0 Å². The van der Waals surface area contributed by atoms with Crippen molar-refractivity contribution in [3.63, 3.8) is 0 Å². The number of halogens is 1. The molecular formula is C5H4INO2. The Morgan fingerprint density at radius 1 is 1.78 bits per heavy atom. The molecule has 0 saturated heterocycles. The minimum Gasteiger partial charge on any atom is -0.458 e. The number of hydrogen-bond acceptors (Lipinski definition) is 2. The zero-order valence-electron chi connectivity index (χ0n) is 4.43. The van der Waals surface area contributed by atoms with E-state index in [1.54, 1.807) is 6.07 Å². The molecule has 1 aromatic rings. The molecule has 1 rings (SSSR count). The van der Waals surface area contributed by atoms with Gasteiger partial charge in [-0.1, -0.05) is 0 Å². The topological polar surface area (TPSA) is 56.2 Å². The zero-order valence-corrected chi connectivity index (χ0v) is 6.58. The number of hydrogen-bond donors (Lipinski definition) is 1. The average molecular weight is 237 g/mol.